The normalized spacial score (nSPS) is 19.5. The van der Waals surface area contributed by atoms with Crippen LogP contribution in [0.25, 0.3) is 0 Å². The van der Waals surface area contributed by atoms with Gasteiger partial charge in [-0.1, -0.05) is 13.3 Å². The van der Waals surface area contributed by atoms with Crippen LogP contribution in [0.15, 0.2) is 0 Å². The second-order valence-corrected chi connectivity index (χ2v) is 4.91. The van der Waals surface area contributed by atoms with Crippen molar-refractivity contribution in [3.05, 3.63) is 17.2 Å². The summed E-state index contributed by atoms with van der Waals surface area (Å²) >= 11 is 0. The molecule has 0 bridgehead atoms. The zero-order valence-corrected chi connectivity index (χ0v) is 11.2. The molecule has 4 heteroatoms. The molecule has 1 aromatic rings. The SMILES string of the molecule is CCCc1nc(C(C)N2CCNCC2)[nH]c1C. The molecule has 17 heavy (non-hydrogen) atoms. The molecule has 1 aliphatic heterocycles. The molecule has 0 spiro atoms. The minimum atomic E-state index is 0.404. The molecule has 0 saturated carbocycles. The number of nitrogens with zero attached hydrogens (tertiary/aromatic N) is 2. The highest BCUT2D eigenvalue weighted by atomic mass is 15.2. The second-order valence-electron chi connectivity index (χ2n) is 4.91. The molecule has 1 saturated heterocycles. The first-order valence-corrected chi connectivity index (χ1v) is 6.72. The summed E-state index contributed by atoms with van der Waals surface area (Å²) in [7, 11) is 0. The minimum Gasteiger partial charge on any atom is -0.345 e. The van der Waals surface area contributed by atoms with Gasteiger partial charge < -0.3 is 10.3 Å². The highest BCUT2D eigenvalue weighted by Crippen LogP contribution is 2.19. The molecule has 0 aliphatic carbocycles. The van der Waals surface area contributed by atoms with Gasteiger partial charge in [0.05, 0.1) is 11.7 Å². The van der Waals surface area contributed by atoms with Crippen LogP contribution in [0, 0.1) is 6.92 Å². The Labute approximate surface area is 104 Å². The molecule has 2 heterocycles. The Kier molecular flexibility index (Phi) is 4.18. The summed E-state index contributed by atoms with van der Waals surface area (Å²) in [6, 6.07) is 0.404. The summed E-state index contributed by atoms with van der Waals surface area (Å²) in [5, 5.41) is 3.39. The predicted octanol–water partition coefficient (Wildman–Crippen LogP) is 1.64. The zero-order valence-electron chi connectivity index (χ0n) is 11.2. The lowest BCUT2D eigenvalue weighted by atomic mass is 10.2. The van der Waals surface area contributed by atoms with E-state index < -0.39 is 0 Å². The first kappa shape index (κ1) is 12.6. The van der Waals surface area contributed by atoms with Gasteiger partial charge in [0.25, 0.3) is 0 Å². The Bertz CT molecular complexity index is 352. The van der Waals surface area contributed by atoms with Crippen molar-refractivity contribution in [2.75, 3.05) is 26.2 Å². The summed E-state index contributed by atoms with van der Waals surface area (Å²) in [6.45, 7) is 11.0. The summed E-state index contributed by atoms with van der Waals surface area (Å²) in [5.74, 6) is 1.13. The molecule has 2 rings (SSSR count). The fourth-order valence-corrected chi connectivity index (χ4v) is 2.44. The fourth-order valence-electron chi connectivity index (χ4n) is 2.44. The fraction of sp³-hybridized carbons (Fsp3) is 0.769. The number of imidazole rings is 1. The van der Waals surface area contributed by atoms with Crippen molar-refractivity contribution in [3.63, 3.8) is 0 Å². The van der Waals surface area contributed by atoms with Crippen molar-refractivity contribution in [2.24, 2.45) is 0 Å². The Balaban J connectivity index is 2.07. The molecule has 96 valence electrons. The van der Waals surface area contributed by atoms with E-state index >= 15 is 0 Å². The van der Waals surface area contributed by atoms with E-state index in [1.807, 2.05) is 0 Å². The quantitative estimate of drug-likeness (QED) is 0.835. The third-order valence-corrected chi connectivity index (χ3v) is 3.59. The van der Waals surface area contributed by atoms with Gasteiger partial charge in [-0.2, -0.15) is 0 Å². The number of hydrogen-bond acceptors (Lipinski definition) is 3. The lowest BCUT2D eigenvalue weighted by Gasteiger charge is -2.31. The summed E-state index contributed by atoms with van der Waals surface area (Å²) < 4.78 is 0. The van der Waals surface area contributed by atoms with Crippen LogP contribution in [0.4, 0.5) is 0 Å². The Morgan fingerprint density at radius 1 is 1.35 bits per heavy atom. The Morgan fingerprint density at radius 2 is 2.06 bits per heavy atom. The van der Waals surface area contributed by atoms with Crippen LogP contribution in [0.5, 0.6) is 0 Å². The van der Waals surface area contributed by atoms with Gasteiger partial charge in [-0.3, -0.25) is 4.90 Å². The number of aromatic nitrogens is 2. The van der Waals surface area contributed by atoms with E-state index in [1.165, 1.54) is 11.4 Å². The first-order chi connectivity index (χ1) is 8.22. The molecule has 1 atom stereocenters. The summed E-state index contributed by atoms with van der Waals surface area (Å²) in [4.78, 5) is 10.7. The van der Waals surface area contributed by atoms with Crippen LogP contribution in [0.1, 0.15) is 43.5 Å². The van der Waals surface area contributed by atoms with Gasteiger partial charge in [-0.05, 0) is 20.3 Å². The molecule has 2 N–H and O–H groups in total. The molecule has 1 aliphatic rings. The number of piperazine rings is 1. The first-order valence-electron chi connectivity index (χ1n) is 6.72. The Hall–Kier alpha value is -0.870. The molecule has 0 aromatic carbocycles. The topological polar surface area (TPSA) is 44.0 Å². The van der Waals surface area contributed by atoms with E-state index in [9.17, 15) is 0 Å². The van der Waals surface area contributed by atoms with E-state index in [4.69, 9.17) is 4.98 Å². The van der Waals surface area contributed by atoms with Crippen LogP contribution in [0.3, 0.4) is 0 Å². The maximum Gasteiger partial charge on any atom is 0.123 e. The molecular weight excluding hydrogens is 212 g/mol. The number of aryl methyl sites for hydroxylation is 2. The van der Waals surface area contributed by atoms with Crippen LogP contribution < -0.4 is 5.32 Å². The van der Waals surface area contributed by atoms with Gasteiger partial charge in [0.2, 0.25) is 0 Å². The molecule has 1 aromatic heterocycles. The van der Waals surface area contributed by atoms with Crippen molar-refractivity contribution in [2.45, 2.75) is 39.7 Å². The van der Waals surface area contributed by atoms with Crippen molar-refractivity contribution >= 4 is 0 Å². The molecule has 1 unspecified atom stereocenters. The van der Waals surface area contributed by atoms with Crippen LogP contribution in [0.2, 0.25) is 0 Å². The molecule has 0 amide bonds. The standard InChI is InChI=1S/C13H24N4/c1-4-5-12-10(2)15-13(16-12)11(3)17-8-6-14-7-9-17/h11,14H,4-9H2,1-3H3,(H,15,16). The van der Waals surface area contributed by atoms with Crippen LogP contribution >= 0.6 is 0 Å². The highest BCUT2D eigenvalue weighted by molar-refractivity contribution is 5.15. The number of H-pyrrole nitrogens is 1. The molecule has 0 radical (unpaired) electrons. The van der Waals surface area contributed by atoms with Gasteiger partial charge in [0.15, 0.2) is 0 Å². The second kappa shape index (κ2) is 5.65. The lowest BCUT2D eigenvalue weighted by Crippen LogP contribution is -2.44. The molecular formula is C13H24N4. The number of aromatic amines is 1. The zero-order chi connectivity index (χ0) is 12.3. The monoisotopic (exact) mass is 236 g/mol. The van der Waals surface area contributed by atoms with Gasteiger partial charge in [-0.25, -0.2) is 4.98 Å². The summed E-state index contributed by atoms with van der Waals surface area (Å²) in [5.41, 5.74) is 2.48. The minimum absolute atomic E-state index is 0.404. The number of nitrogens with one attached hydrogen (secondary N) is 2. The van der Waals surface area contributed by atoms with Gasteiger partial charge in [0.1, 0.15) is 5.82 Å². The largest absolute Gasteiger partial charge is 0.345 e. The third-order valence-electron chi connectivity index (χ3n) is 3.59. The average molecular weight is 236 g/mol. The van der Waals surface area contributed by atoms with Gasteiger partial charge in [0, 0.05) is 31.9 Å². The van der Waals surface area contributed by atoms with E-state index in [-0.39, 0.29) is 0 Å². The van der Waals surface area contributed by atoms with E-state index in [1.54, 1.807) is 0 Å². The van der Waals surface area contributed by atoms with Crippen LogP contribution in [-0.4, -0.2) is 41.0 Å². The molecule has 1 fully saturated rings. The predicted molar refractivity (Wildman–Crippen MR) is 70.2 cm³/mol. The number of hydrogen-bond donors (Lipinski definition) is 2. The maximum atomic E-state index is 4.76. The van der Waals surface area contributed by atoms with Gasteiger partial charge in [-0.15, -0.1) is 0 Å². The Morgan fingerprint density at radius 3 is 2.71 bits per heavy atom. The molecule has 4 nitrogen and oxygen atoms in total. The number of rotatable bonds is 4. The third kappa shape index (κ3) is 2.87. The average Bonchev–Trinajstić information content (AvgIpc) is 2.72. The van der Waals surface area contributed by atoms with Crippen molar-refractivity contribution in [1.29, 1.82) is 0 Å². The van der Waals surface area contributed by atoms with Crippen molar-refractivity contribution < 1.29 is 0 Å². The van der Waals surface area contributed by atoms with E-state index in [2.05, 4.69) is 36.0 Å². The summed E-state index contributed by atoms with van der Waals surface area (Å²) in [6.07, 6.45) is 2.24. The van der Waals surface area contributed by atoms with Crippen LogP contribution in [-0.2, 0) is 6.42 Å². The van der Waals surface area contributed by atoms with Crippen molar-refractivity contribution in [1.82, 2.24) is 20.2 Å². The van der Waals surface area contributed by atoms with Gasteiger partial charge >= 0.3 is 0 Å². The van der Waals surface area contributed by atoms with E-state index in [0.717, 1.165) is 44.8 Å². The van der Waals surface area contributed by atoms with E-state index in [0.29, 0.717) is 6.04 Å². The smallest absolute Gasteiger partial charge is 0.123 e. The lowest BCUT2D eigenvalue weighted by molar-refractivity contribution is 0.179. The van der Waals surface area contributed by atoms with Crippen molar-refractivity contribution in [3.8, 4) is 0 Å². The maximum absolute atomic E-state index is 4.76. The highest BCUT2D eigenvalue weighted by Gasteiger charge is 2.21.